The van der Waals surface area contributed by atoms with Gasteiger partial charge in [-0.15, -0.1) is 16.4 Å². The summed E-state index contributed by atoms with van der Waals surface area (Å²) in [5.41, 5.74) is 5.14. The van der Waals surface area contributed by atoms with Crippen molar-refractivity contribution in [1.29, 1.82) is 0 Å². The Hall–Kier alpha value is -3.78. The Bertz CT molecular complexity index is 1650. The van der Waals surface area contributed by atoms with Crippen LogP contribution in [0.4, 0.5) is 0 Å². The quantitative estimate of drug-likeness (QED) is 0.285. The molecule has 7 nitrogen and oxygen atoms in total. The molecule has 0 bridgehead atoms. The summed E-state index contributed by atoms with van der Waals surface area (Å²) in [7, 11) is 0. The molecule has 0 unspecified atom stereocenters. The van der Waals surface area contributed by atoms with Crippen molar-refractivity contribution < 1.29 is 9.15 Å². The van der Waals surface area contributed by atoms with Gasteiger partial charge in [0.1, 0.15) is 34.0 Å². The number of aromatic nitrogens is 5. The molecule has 5 heterocycles. The molecule has 170 valence electrons. The number of benzene rings is 1. The molecule has 0 radical (unpaired) electrons. The van der Waals surface area contributed by atoms with Gasteiger partial charge in [0, 0.05) is 11.1 Å². The maximum Gasteiger partial charge on any atom is 0.218 e. The van der Waals surface area contributed by atoms with E-state index >= 15 is 0 Å². The Morgan fingerprint density at radius 3 is 2.74 bits per heavy atom. The van der Waals surface area contributed by atoms with Crippen molar-refractivity contribution in [1.82, 2.24) is 24.6 Å². The van der Waals surface area contributed by atoms with E-state index in [1.54, 1.807) is 22.2 Å². The number of thiophene rings is 1. The fourth-order valence-electron chi connectivity index (χ4n) is 4.24. The molecule has 0 spiro atoms. The monoisotopic (exact) mass is 469 g/mol. The second kappa shape index (κ2) is 8.22. The van der Waals surface area contributed by atoms with Crippen LogP contribution in [0, 0.1) is 13.8 Å². The first-order chi connectivity index (χ1) is 16.6. The van der Waals surface area contributed by atoms with Crippen molar-refractivity contribution in [2.45, 2.75) is 40.2 Å². The van der Waals surface area contributed by atoms with Gasteiger partial charge >= 0.3 is 0 Å². The van der Waals surface area contributed by atoms with E-state index in [1.165, 1.54) is 11.1 Å². The summed E-state index contributed by atoms with van der Waals surface area (Å²) in [6, 6.07) is 14.1. The minimum absolute atomic E-state index is 0.340. The predicted molar refractivity (Wildman–Crippen MR) is 133 cm³/mol. The number of hydrogen-bond acceptors (Lipinski definition) is 7. The van der Waals surface area contributed by atoms with Crippen LogP contribution in [-0.2, 0) is 13.0 Å². The van der Waals surface area contributed by atoms with Gasteiger partial charge in [-0.25, -0.2) is 19.5 Å². The lowest BCUT2D eigenvalue weighted by atomic mass is 10.1. The molecule has 34 heavy (non-hydrogen) atoms. The van der Waals surface area contributed by atoms with Gasteiger partial charge in [-0.05, 0) is 61.7 Å². The highest BCUT2D eigenvalue weighted by atomic mass is 32.1. The minimum atomic E-state index is 0.340. The smallest absolute Gasteiger partial charge is 0.218 e. The minimum Gasteiger partial charge on any atom is -0.486 e. The van der Waals surface area contributed by atoms with Gasteiger partial charge in [0.25, 0.3) is 0 Å². The maximum atomic E-state index is 6.00. The zero-order valence-electron chi connectivity index (χ0n) is 19.2. The zero-order valence-corrected chi connectivity index (χ0v) is 20.0. The lowest BCUT2D eigenvalue weighted by Gasteiger charge is -2.05. The highest BCUT2D eigenvalue weighted by Gasteiger charge is 2.18. The number of ether oxygens (including phenoxy) is 1. The Kier molecular flexibility index (Phi) is 5.03. The van der Waals surface area contributed by atoms with Crippen molar-refractivity contribution in [3.8, 4) is 17.3 Å². The third-order valence-corrected chi connectivity index (χ3v) is 6.89. The van der Waals surface area contributed by atoms with E-state index in [4.69, 9.17) is 19.1 Å². The van der Waals surface area contributed by atoms with Crippen molar-refractivity contribution in [2.75, 3.05) is 0 Å². The number of rotatable bonds is 6. The van der Waals surface area contributed by atoms with E-state index in [2.05, 4.69) is 42.1 Å². The molecule has 0 saturated carbocycles. The van der Waals surface area contributed by atoms with E-state index in [0.717, 1.165) is 50.4 Å². The molecule has 6 aromatic rings. The van der Waals surface area contributed by atoms with Crippen molar-refractivity contribution in [3.05, 3.63) is 71.4 Å². The van der Waals surface area contributed by atoms with Crippen LogP contribution >= 0.6 is 11.3 Å². The number of hydrogen-bond donors (Lipinski definition) is 0. The molecule has 1 aromatic carbocycles. The summed E-state index contributed by atoms with van der Waals surface area (Å²) < 4.78 is 14.6. The van der Waals surface area contributed by atoms with Gasteiger partial charge in [-0.2, -0.15) is 0 Å². The number of pyridine rings is 1. The van der Waals surface area contributed by atoms with Crippen molar-refractivity contribution >= 4 is 37.4 Å². The lowest BCUT2D eigenvalue weighted by molar-refractivity contribution is 0.271. The predicted octanol–water partition coefficient (Wildman–Crippen LogP) is 6.30. The molecule has 5 aromatic heterocycles. The summed E-state index contributed by atoms with van der Waals surface area (Å²) in [6.07, 6.45) is 3.91. The Balaban J connectivity index is 1.28. The number of furan rings is 1. The van der Waals surface area contributed by atoms with E-state index in [9.17, 15) is 0 Å². The van der Waals surface area contributed by atoms with Crippen LogP contribution < -0.4 is 4.74 Å². The van der Waals surface area contributed by atoms with Crippen molar-refractivity contribution in [3.63, 3.8) is 0 Å². The van der Waals surface area contributed by atoms with Crippen LogP contribution in [0.2, 0.25) is 0 Å². The standard InChI is InChI=1S/C26H23N5O2S/c1-4-5-17-6-8-18(9-7-17)32-13-19-10-11-20(33-19)24-29-25-23-22(27-14-31(25)30-24)21-15(2)12-16(3)28-26(21)34-23/h6-12,14H,4-5,13H2,1-3H3. The number of aryl methyl sites for hydroxylation is 3. The molecule has 0 saturated heterocycles. The van der Waals surface area contributed by atoms with Gasteiger partial charge in [-0.1, -0.05) is 25.5 Å². The second-order valence-corrected chi connectivity index (χ2v) is 9.44. The third kappa shape index (κ3) is 3.60. The van der Waals surface area contributed by atoms with E-state index in [0.29, 0.717) is 24.0 Å². The highest BCUT2D eigenvalue weighted by molar-refractivity contribution is 7.26. The molecule has 0 aliphatic heterocycles. The largest absolute Gasteiger partial charge is 0.486 e. The van der Waals surface area contributed by atoms with E-state index in [-0.39, 0.29) is 0 Å². The molecule has 0 N–H and O–H groups in total. The summed E-state index contributed by atoms with van der Waals surface area (Å²) in [5, 5.41) is 5.68. The van der Waals surface area contributed by atoms with Crippen LogP contribution in [0.25, 0.3) is 37.7 Å². The van der Waals surface area contributed by atoms with Gasteiger partial charge in [0.2, 0.25) is 5.82 Å². The van der Waals surface area contributed by atoms with Gasteiger partial charge in [0.05, 0.1) is 5.52 Å². The second-order valence-electron chi connectivity index (χ2n) is 8.44. The zero-order chi connectivity index (χ0) is 23.2. The first-order valence-corrected chi connectivity index (χ1v) is 12.1. The molecular weight excluding hydrogens is 446 g/mol. The molecular formula is C26H23N5O2S. The van der Waals surface area contributed by atoms with E-state index in [1.807, 2.05) is 31.2 Å². The molecule has 0 fully saturated rings. The van der Waals surface area contributed by atoms with Gasteiger partial charge in [-0.3, -0.25) is 0 Å². The van der Waals surface area contributed by atoms with Gasteiger partial charge < -0.3 is 9.15 Å². The van der Waals surface area contributed by atoms with Crippen LogP contribution in [0.15, 0.2) is 53.2 Å². The van der Waals surface area contributed by atoms with Gasteiger partial charge in [0.15, 0.2) is 11.4 Å². The average molecular weight is 470 g/mol. The average Bonchev–Trinajstić information content (AvgIpc) is 3.54. The summed E-state index contributed by atoms with van der Waals surface area (Å²) >= 11 is 1.60. The molecule has 6 rings (SSSR count). The summed E-state index contributed by atoms with van der Waals surface area (Å²) in [4.78, 5) is 15.1. The fourth-order valence-corrected chi connectivity index (χ4v) is 5.47. The SMILES string of the molecule is CCCc1ccc(OCc2ccc(-c3nc4c5sc6nc(C)cc(C)c6c5ncn4n3)o2)cc1. The molecule has 8 heteroatoms. The first kappa shape index (κ1) is 20.8. The summed E-state index contributed by atoms with van der Waals surface area (Å²) in [5.74, 6) is 2.65. The van der Waals surface area contributed by atoms with Crippen LogP contribution in [0.1, 0.15) is 35.9 Å². The highest BCUT2D eigenvalue weighted by Crippen LogP contribution is 2.36. The van der Waals surface area contributed by atoms with Crippen molar-refractivity contribution in [2.24, 2.45) is 0 Å². The first-order valence-electron chi connectivity index (χ1n) is 11.3. The van der Waals surface area contributed by atoms with E-state index < -0.39 is 0 Å². The van der Waals surface area contributed by atoms with Crippen LogP contribution in [-0.4, -0.2) is 24.6 Å². The lowest BCUT2D eigenvalue weighted by Crippen LogP contribution is -1.94. The fraction of sp³-hybridized carbons (Fsp3) is 0.231. The number of fused-ring (bicyclic) bond motifs is 5. The molecule has 0 aliphatic rings. The third-order valence-electron chi connectivity index (χ3n) is 5.82. The summed E-state index contributed by atoms with van der Waals surface area (Å²) in [6.45, 7) is 6.62. The molecule has 0 amide bonds. The Morgan fingerprint density at radius 2 is 1.91 bits per heavy atom. The topological polar surface area (TPSA) is 78.3 Å². The molecule has 0 atom stereocenters. The molecule has 0 aliphatic carbocycles. The normalized spacial score (nSPS) is 11.7. The number of nitrogens with zero attached hydrogens (tertiary/aromatic N) is 5. The maximum absolute atomic E-state index is 6.00. The van der Waals surface area contributed by atoms with Crippen LogP contribution in [0.3, 0.4) is 0 Å². The Morgan fingerprint density at radius 1 is 1.06 bits per heavy atom. The Labute approximate surface area is 200 Å². The van der Waals surface area contributed by atoms with Crippen LogP contribution in [0.5, 0.6) is 5.75 Å².